The van der Waals surface area contributed by atoms with Crippen LogP contribution in [0.1, 0.15) is 48.3 Å². The number of piperidine rings is 1. The van der Waals surface area contributed by atoms with Crippen molar-refractivity contribution in [1.29, 1.82) is 0 Å². The van der Waals surface area contributed by atoms with E-state index in [4.69, 9.17) is 4.52 Å². The van der Waals surface area contributed by atoms with Gasteiger partial charge in [-0.25, -0.2) is 0 Å². The van der Waals surface area contributed by atoms with Gasteiger partial charge in [0.05, 0.1) is 6.54 Å². The zero-order valence-electron chi connectivity index (χ0n) is 13.6. The fourth-order valence-electron chi connectivity index (χ4n) is 3.06. The van der Waals surface area contributed by atoms with E-state index in [9.17, 15) is 4.79 Å². The van der Waals surface area contributed by atoms with Gasteiger partial charge in [0.15, 0.2) is 11.6 Å². The molecule has 3 rings (SSSR count). The average molecular weight is 313 g/mol. The molecule has 0 saturated carbocycles. The van der Waals surface area contributed by atoms with Gasteiger partial charge >= 0.3 is 0 Å². The number of likely N-dealkylation sites (tertiary alicyclic amines) is 1. The maximum absolute atomic E-state index is 12.5. The molecule has 0 spiro atoms. The average Bonchev–Trinajstić information content (AvgIpc) is 3.03. The van der Waals surface area contributed by atoms with Crippen LogP contribution >= 0.6 is 0 Å². The summed E-state index contributed by atoms with van der Waals surface area (Å²) in [4.78, 5) is 19.2. The number of ketones is 1. The minimum Gasteiger partial charge on any atom is -0.338 e. The fraction of sp³-hybridized carbons (Fsp3) is 0.500. The second-order valence-electron chi connectivity index (χ2n) is 6.14. The van der Waals surface area contributed by atoms with Gasteiger partial charge in [0, 0.05) is 17.9 Å². The van der Waals surface area contributed by atoms with Crippen LogP contribution in [0.5, 0.6) is 0 Å². The van der Waals surface area contributed by atoms with Crippen molar-refractivity contribution in [2.24, 2.45) is 5.92 Å². The number of hydrogen-bond acceptors (Lipinski definition) is 5. The van der Waals surface area contributed by atoms with Crippen molar-refractivity contribution in [1.82, 2.24) is 15.0 Å². The SMILES string of the molecule is CCCc1noc(CN2CCC(C(=O)c3ccccc3)CC2)n1. The lowest BCUT2D eigenvalue weighted by Gasteiger charge is -2.30. The lowest BCUT2D eigenvalue weighted by molar-refractivity contribution is 0.0825. The van der Waals surface area contributed by atoms with Crippen LogP contribution in [-0.4, -0.2) is 33.9 Å². The Morgan fingerprint density at radius 3 is 2.70 bits per heavy atom. The number of benzene rings is 1. The lowest BCUT2D eigenvalue weighted by atomic mass is 9.89. The molecule has 1 fully saturated rings. The lowest BCUT2D eigenvalue weighted by Crippen LogP contribution is -2.36. The third kappa shape index (κ3) is 4.05. The van der Waals surface area contributed by atoms with Crippen LogP contribution in [0.3, 0.4) is 0 Å². The molecule has 1 aromatic carbocycles. The first kappa shape index (κ1) is 15.9. The Hall–Kier alpha value is -2.01. The Morgan fingerprint density at radius 2 is 2.00 bits per heavy atom. The maximum Gasteiger partial charge on any atom is 0.240 e. The molecule has 0 aliphatic carbocycles. The largest absolute Gasteiger partial charge is 0.338 e. The minimum absolute atomic E-state index is 0.131. The number of aromatic nitrogens is 2. The van der Waals surface area contributed by atoms with Crippen LogP contribution in [0.4, 0.5) is 0 Å². The van der Waals surface area contributed by atoms with Gasteiger partial charge in [-0.3, -0.25) is 9.69 Å². The number of carbonyl (C=O) groups excluding carboxylic acids is 1. The Bertz CT molecular complexity index is 631. The molecule has 2 aromatic rings. The van der Waals surface area contributed by atoms with Crippen molar-refractivity contribution in [2.75, 3.05) is 13.1 Å². The Labute approximate surface area is 136 Å². The van der Waals surface area contributed by atoms with Crippen LogP contribution in [-0.2, 0) is 13.0 Å². The molecule has 1 aliphatic heterocycles. The van der Waals surface area contributed by atoms with Gasteiger partial charge in [-0.2, -0.15) is 4.98 Å². The second-order valence-corrected chi connectivity index (χ2v) is 6.14. The van der Waals surface area contributed by atoms with Crippen LogP contribution in [0.25, 0.3) is 0 Å². The summed E-state index contributed by atoms with van der Waals surface area (Å²) in [7, 11) is 0. The molecule has 23 heavy (non-hydrogen) atoms. The highest BCUT2D eigenvalue weighted by molar-refractivity contribution is 5.97. The van der Waals surface area contributed by atoms with Gasteiger partial charge in [0.25, 0.3) is 0 Å². The molecule has 2 heterocycles. The van der Waals surface area contributed by atoms with E-state index in [0.717, 1.165) is 50.2 Å². The van der Waals surface area contributed by atoms with Crippen LogP contribution < -0.4 is 0 Å². The monoisotopic (exact) mass is 313 g/mol. The molecule has 5 heteroatoms. The van der Waals surface area contributed by atoms with Gasteiger partial charge < -0.3 is 4.52 Å². The van der Waals surface area contributed by atoms with E-state index < -0.39 is 0 Å². The first-order chi connectivity index (χ1) is 11.3. The number of hydrogen-bond donors (Lipinski definition) is 0. The summed E-state index contributed by atoms with van der Waals surface area (Å²) in [5.74, 6) is 1.87. The van der Waals surface area contributed by atoms with Crippen molar-refractivity contribution in [3.8, 4) is 0 Å². The molecule has 0 atom stereocenters. The van der Waals surface area contributed by atoms with E-state index in [-0.39, 0.29) is 11.7 Å². The maximum atomic E-state index is 12.5. The van der Waals surface area contributed by atoms with Crippen molar-refractivity contribution in [3.05, 3.63) is 47.6 Å². The van der Waals surface area contributed by atoms with Crippen molar-refractivity contribution in [3.63, 3.8) is 0 Å². The number of rotatable bonds is 6. The molecule has 5 nitrogen and oxygen atoms in total. The Morgan fingerprint density at radius 1 is 1.26 bits per heavy atom. The molecule has 1 saturated heterocycles. The highest BCUT2D eigenvalue weighted by atomic mass is 16.5. The standard InChI is InChI=1S/C18H23N3O2/c1-2-6-16-19-17(23-20-16)13-21-11-9-15(10-12-21)18(22)14-7-4-3-5-8-14/h3-5,7-8,15H,2,6,9-13H2,1H3. The zero-order valence-corrected chi connectivity index (χ0v) is 13.6. The molecule has 0 N–H and O–H groups in total. The third-order valence-corrected chi connectivity index (χ3v) is 4.36. The van der Waals surface area contributed by atoms with Crippen molar-refractivity contribution >= 4 is 5.78 Å². The molecule has 1 aromatic heterocycles. The van der Waals surface area contributed by atoms with Gasteiger partial charge in [-0.15, -0.1) is 0 Å². The fourth-order valence-corrected chi connectivity index (χ4v) is 3.06. The molecule has 122 valence electrons. The first-order valence-corrected chi connectivity index (χ1v) is 8.39. The van der Waals surface area contributed by atoms with Crippen molar-refractivity contribution in [2.45, 2.75) is 39.2 Å². The molecule has 0 bridgehead atoms. The minimum atomic E-state index is 0.131. The van der Waals surface area contributed by atoms with E-state index in [2.05, 4.69) is 22.0 Å². The van der Waals surface area contributed by atoms with E-state index in [1.807, 2.05) is 30.3 Å². The number of carbonyl (C=O) groups is 1. The molecular formula is C18H23N3O2. The van der Waals surface area contributed by atoms with Gasteiger partial charge in [0.2, 0.25) is 5.89 Å². The summed E-state index contributed by atoms with van der Waals surface area (Å²) < 4.78 is 5.29. The normalized spacial score (nSPS) is 16.6. The summed E-state index contributed by atoms with van der Waals surface area (Å²) in [6, 6.07) is 9.60. The van der Waals surface area contributed by atoms with Gasteiger partial charge in [-0.05, 0) is 32.4 Å². The van der Waals surface area contributed by atoms with Crippen LogP contribution in [0.2, 0.25) is 0 Å². The number of nitrogens with zero attached hydrogens (tertiary/aromatic N) is 3. The smallest absolute Gasteiger partial charge is 0.240 e. The van der Waals surface area contributed by atoms with Gasteiger partial charge in [0.1, 0.15) is 0 Å². The first-order valence-electron chi connectivity index (χ1n) is 8.39. The van der Waals surface area contributed by atoms with Crippen LogP contribution in [0.15, 0.2) is 34.9 Å². The highest BCUT2D eigenvalue weighted by Crippen LogP contribution is 2.22. The summed E-state index contributed by atoms with van der Waals surface area (Å²) >= 11 is 0. The van der Waals surface area contributed by atoms with Crippen molar-refractivity contribution < 1.29 is 9.32 Å². The summed E-state index contributed by atoms with van der Waals surface area (Å²) in [5, 5.41) is 3.99. The second kappa shape index (κ2) is 7.51. The molecular weight excluding hydrogens is 290 g/mol. The summed E-state index contributed by atoms with van der Waals surface area (Å²) in [6.45, 7) is 4.58. The zero-order chi connectivity index (χ0) is 16.1. The third-order valence-electron chi connectivity index (χ3n) is 4.36. The number of Topliss-reactive ketones (excluding diaryl/α,β-unsaturated/α-hetero) is 1. The summed E-state index contributed by atoms with van der Waals surface area (Å²) in [5.41, 5.74) is 0.826. The Kier molecular flexibility index (Phi) is 5.18. The highest BCUT2D eigenvalue weighted by Gasteiger charge is 2.26. The molecule has 0 radical (unpaired) electrons. The summed E-state index contributed by atoms with van der Waals surface area (Å²) in [6.07, 6.45) is 3.66. The molecule has 0 unspecified atom stereocenters. The van der Waals surface area contributed by atoms with E-state index >= 15 is 0 Å². The number of aryl methyl sites for hydroxylation is 1. The van der Waals surface area contributed by atoms with Gasteiger partial charge in [-0.1, -0.05) is 42.4 Å². The van der Waals surface area contributed by atoms with E-state index in [1.54, 1.807) is 0 Å². The van der Waals surface area contributed by atoms with E-state index in [0.29, 0.717) is 12.4 Å². The molecule has 1 aliphatic rings. The molecule has 0 amide bonds. The predicted molar refractivity (Wildman–Crippen MR) is 87.1 cm³/mol. The Balaban J connectivity index is 1.51. The predicted octanol–water partition coefficient (Wildman–Crippen LogP) is 3.12. The van der Waals surface area contributed by atoms with Crippen LogP contribution in [0, 0.1) is 5.92 Å². The topological polar surface area (TPSA) is 59.2 Å². The van der Waals surface area contributed by atoms with E-state index in [1.165, 1.54) is 0 Å². The quantitative estimate of drug-likeness (QED) is 0.767.